The Morgan fingerprint density at radius 3 is 2.48 bits per heavy atom. The zero-order chi connectivity index (χ0) is 16.0. The molecule has 0 saturated carbocycles. The smallest absolute Gasteiger partial charge is 0.411 e. The van der Waals surface area contributed by atoms with Gasteiger partial charge in [0.2, 0.25) is 5.91 Å². The van der Waals surface area contributed by atoms with E-state index in [0.717, 1.165) is 0 Å². The van der Waals surface area contributed by atoms with Crippen molar-refractivity contribution in [1.82, 2.24) is 4.90 Å². The van der Waals surface area contributed by atoms with Crippen LogP contribution in [0, 0.1) is 0 Å². The Bertz CT molecular complexity index is 515. The van der Waals surface area contributed by atoms with Gasteiger partial charge in [0.05, 0.1) is 24.0 Å². The molecule has 0 unspecified atom stereocenters. The number of ether oxygens (including phenoxy) is 1. The average Bonchev–Trinajstić information content (AvgIpc) is 2.30. The number of likely N-dealkylation sites (N-methyl/N-ethyl adjacent to an activating group) is 1. The molecule has 4 N–H and O–H groups in total. The summed E-state index contributed by atoms with van der Waals surface area (Å²) in [5.41, 5.74) is 7.23. The van der Waals surface area contributed by atoms with Crippen LogP contribution in [0.25, 0.3) is 0 Å². The Kier molecular flexibility index (Phi) is 5.98. The lowest BCUT2D eigenvalue weighted by molar-refractivity contribution is -0.116. The molecular weight excluding hydrogens is 272 g/mol. The zero-order valence-corrected chi connectivity index (χ0v) is 12.8. The van der Waals surface area contributed by atoms with Crippen molar-refractivity contribution in [1.29, 1.82) is 0 Å². The van der Waals surface area contributed by atoms with Gasteiger partial charge in [0.1, 0.15) is 0 Å². The summed E-state index contributed by atoms with van der Waals surface area (Å²) in [4.78, 5) is 24.9. The zero-order valence-electron chi connectivity index (χ0n) is 12.8. The van der Waals surface area contributed by atoms with Gasteiger partial charge in [-0.2, -0.15) is 0 Å². The molecule has 0 aromatic heterocycles. The van der Waals surface area contributed by atoms with Crippen molar-refractivity contribution in [2.45, 2.75) is 20.0 Å². The number of benzene rings is 1. The Morgan fingerprint density at radius 1 is 1.29 bits per heavy atom. The van der Waals surface area contributed by atoms with Crippen molar-refractivity contribution in [3.05, 3.63) is 18.2 Å². The second-order valence-electron chi connectivity index (χ2n) is 5.17. The predicted molar refractivity (Wildman–Crippen MR) is 83.3 cm³/mol. The highest BCUT2D eigenvalue weighted by atomic mass is 16.6. The molecule has 0 spiro atoms. The molecule has 0 aliphatic rings. The number of nitrogens with two attached hydrogens (primary N) is 1. The molecule has 7 heteroatoms. The van der Waals surface area contributed by atoms with Gasteiger partial charge in [-0.15, -0.1) is 0 Å². The van der Waals surface area contributed by atoms with E-state index in [2.05, 4.69) is 10.6 Å². The third kappa shape index (κ3) is 6.13. The van der Waals surface area contributed by atoms with Crippen LogP contribution in [0.5, 0.6) is 0 Å². The summed E-state index contributed by atoms with van der Waals surface area (Å²) < 4.78 is 4.97. The van der Waals surface area contributed by atoms with E-state index < -0.39 is 6.09 Å². The van der Waals surface area contributed by atoms with Gasteiger partial charge < -0.3 is 20.7 Å². The first-order valence-electron chi connectivity index (χ1n) is 6.59. The number of carbonyl (C=O) groups excluding carboxylic acids is 2. The van der Waals surface area contributed by atoms with Crippen LogP contribution in [0.3, 0.4) is 0 Å². The van der Waals surface area contributed by atoms with Crippen LogP contribution in [-0.4, -0.2) is 43.6 Å². The first-order valence-corrected chi connectivity index (χ1v) is 6.59. The lowest BCUT2D eigenvalue weighted by Gasteiger charge is -2.13. The summed E-state index contributed by atoms with van der Waals surface area (Å²) in [6.45, 7) is 3.79. The van der Waals surface area contributed by atoms with E-state index in [9.17, 15) is 9.59 Å². The van der Waals surface area contributed by atoms with Crippen LogP contribution >= 0.6 is 0 Å². The van der Waals surface area contributed by atoms with E-state index in [-0.39, 0.29) is 18.6 Å². The molecule has 2 amide bonds. The van der Waals surface area contributed by atoms with Crippen molar-refractivity contribution in [2.24, 2.45) is 0 Å². The van der Waals surface area contributed by atoms with Crippen molar-refractivity contribution in [2.75, 3.05) is 37.0 Å². The maximum absolute atomic E-state index is 11.7. The number of rotatable bonds is 5. The Morgan fingerprint density at radius 2 is 1.95 bits per heavy atom. The van der Waals surface area contributed by atoms with Gasteiger partial charge in [-0.25, -0.2) is 4.79 Å². The number of hydrogen-bond acceptors (Lipinski definition) is 5. The van der Waals surface area contributed by atoms with E-state index in [0.29, 0.717) is 17.1 Å². The van der Waals surface area contributed by atoms with E-state index in [1.54, 1.807) is 51.0 Å². The Labute approximate surface area is 124 Å². The molecule has 0 radical (unpaired) electrons. The highest BCUT2D eigenvalue weighted by Gasteiger charge is 2.09. The lowest BCUT2D eigenvalue weighted by Crippen LogP contribution is -2.27. The molecule has 0 fully saturated rings. The number of amides is 2. The number of anilines is 3. The molecular formula is C14H22N4O3. The lowest BCUT2D eigenvalue weighted by atomic mass is 10.2. The molecule has 1 aromatic carbocycles. The number of carbonyl (C=O) groups is 2. The molecule has 1 rings (SSSR count). The number of nitrogens with zero attached hydrogens (tertiary/aromatic N) is 1. The first kappa shape index (κ1) is 16.8. The molecule has 116 valence electrons. The van der Waals surface area contributed by atoms with Crippen molar-refractivity contribution < 1.29 is 14.3 Å². The highest BCUT2D eigenvalue weighted by molar-refractivity contribution is 5.96. The monoisotopic (exact) mass is 294 g/mol. The van der Waals surface area contributed by atoms with Gasteiger partial charge in [0, 0.05) is 5.69 Å². The molecule has 0 aliphatic heterocycles. The number of nitrogen functional groups attached to an aromatic ring is 1. The van der Waals surface area contributed by atoms with Crippen molar-refractivity contribution >= 4 is 29.1 Å². The molecule has 1 aromatic rings. The molecule has 7 nitrogen and oxygen atoms in total. The van der Waals surface area contributed by atoms with E-state index in [1.165, 1.54) is 0 Å². The Hall–Kier alpha value is -2.28. The molecule has 21 heavy (non-hydrogen) atoms. The van der Waals surface area contributed by atoms with Crippen molar-refractivity contribution in [3.8, 4) is 0 Å². The fraction of sp³-hybridized carbons (Fsp3) is 0.429. The standard InChI is InChI=1S/C14H22N4O3/c1-9(2)21-14(20)16-10-5-6-12(11(15)7-10)17-13(19)8-18(3)4/h5-7,9H,8,15H2,1-4H3,(H,16,20)(H,17,19). The Balaban J connectivity index is 2.67. The van der Waals surface area contributed by atoms with E-state index in [1.807, 2.05) is 0 Å². The largest absolute Gasteiger partial charge is 0.447 e. The predicted octanol–water partition coefficient (Wildman–Crippen LogP) is 1.73. The van der Waals surface area contributed by atoms with E-state index in [4.69, 9.17) is 10.5 Å². The second-order valence-corrected chi connectivity index (χ2v) is 5.17. The molecule has 0 heterocycles. The fourth-order valence-electron chi connectivity index (χ4n) is 1.59. The maximum Gasteiger partial charge on any atom is 0.411 e. The van der Waals surface area contributed by atoms with Gasteiger partial charge in [0.15, 0.2) is 0 Å². The molecule has 0 aliphatic carbocycles. The molecule has 0 atom stereocenters. The van der Waals surface area contributed by atoms with Crippen molar-refractivity contribution in [3.63, 3.8) is 0 Å². The van der Waals surface area contributed by atoms with Crippen LogP contribution in [-0.2, 0) is 9.53 Å². The van der Waals surface area contributed by atoms with Gasteiger partial charge in [-0.1, -0.05) is 0 Å². The minimum Gasteiger partial charge on any atom is -0.447 e. The van der Waals surface area contributed by atoms with Crippen LogP contribution in [0.1, 0.15) is 13.8 Å². The van der Waals surface area contributed by atoms with Crippen LogP contribution in [0.15, 0.2) is 18.2 Å². The van der Waals surface area contributed by atoms with Gasteiger partial charge in [-0.05, 0) is 46.1 Å². The molecule has 0 bridgehead atoms. The molecule has 0 saturated heterocycles. The third-order valence-electron chi connectivity index (χ3n) is 2.37. The summed E-state index contributed by atoms with van der Waals surface area (Å²) in [7, 11) is 3.60. The summed E-state index contributed by atoms with van der Waals surface area (Å²) >= 11 is 0. The summed E-state index contributed by atoms with van der Waals surface area (Å²) in [5, 5.41) is 5.27. The maximum atomic E-state index is 11.7. The van der Waals surface area contributed by atoms with Crippen LogP contribution < -0.4 is 16.4 Å². The number of nitrogens with one attached hydrogen (secondary N) is 2. The summed E-state index contributed by atoms with van der Waals surface area (Å²) in [5.74, 6) is -0.161. The summed E-state index contributed by atoms with van der Waals surface area (Å²) in [6.07, 6.45) is -0.749. The van der Waals surface area contributed by atoms with Crippen LogP contribution in [0.4, 0.5) is 21.9 Å². The first-order chi connectivity index (χ1) is 9.77. The van der Waals surface area contributed by atoms with Crippen LogP contribution in [0.2, 0.25) is 0 Å². The van der Waals surface area contributed by atoms with E-state index >= 15 is 0 Å². The average molecular weight is 294 g/mol. The summed E-state index contributed by atoms with van der Waals surface area (Å²) in [6, 6.07) is 4.84. The SMILES string of the molecule is CC(C)OC(=O)Nc1ccc(NC(=O)CN(C)C)c(N)c1. The highest BCUT2D eigenvalue weighted by Crippen LogP contribution is 2.23. The topological polar surface area (TPSA) is 96.7 Å². The fourth-order valence-corrected chi connectivity index (χ4v) is 1.59. The normalized spacial score (nSPS) is 10.6. The number of hydrogen-bond donors (Lipinski definition) is 3. The quantitative estimate of drug-likeness (QED) is 0.719. The third-order valence-corrected chi connectivity index (χ3v) is 2.37. The minimum atomic E-state index is -0.547. The van der Waals surface area contributed by atoms with Gasteiger partial charge in [-0.3, -0.25) is 10.1 Å². The van der Waals surface area contributed by atoms with Gasteiger partial charge in [0.25, 0.3) is 0 Å². The minimum absolute atomic E-state index is 0.161. The second kappa shape index (κ2) is 7.49. The van der Waals surface area contributed by atoms with Gasteiger partial charge >= 0.3 is 6.09 Å².